The zero-order valence-corrected chi connectivity index (χ0v) is 14.1. The molecule has 1 aromatic heterocycles. The van der Waals surface area contributed by atoms with Crippen LogP contribution in [-0.2, 0) is 0 Å². The molecule has 0 aliphatic carbocycles. The Morgan fingerprint density at radius 2 is 1.70 bits per heavy atom. The lowest BCUT2D eigenvalue weighted by molar-refractivity contribution is 0.875. The van der Waals surface area contributed by atoms with Gasteiger partial charge in [-0.15, -0.1) is 0 Å². The number of halogens is 3. The van der Waals surface area contributed by atoms with Crippen LogP contribution in [-0.4, -0.2) is 12.0 Å². The van der Waals surface area contributed by atoms with Gasteiger partial charge in [-0.3, -0.25) is 0 Å². The van der Waals surface area contributed by atoms with Gasteiger partial charge in [0.1, 0.15) is 11.6 Å². The number of nitrogens with one attached hydrogen (secondary N) is 2. The molecule has 0 aliphatic heterocycles. The van der Waals surface area contributed by atoms with Crippen molar-refractivity contribution < 1.29 is 0 Å². The second-order valence-corrected chi connectivity index (χ2v) is 6.05. The van der Waals surface area contributed by atoms with Crippen molar-refractivity contribution in [3.05, 3.63) is 50.4 Å². The second-order valence-electron chi connectivity index (χ2n) is 4.32. The third-order valence-corrected chi connectivity index (χ3v) is 3.99. The molecule has 1 atom stereocenters. The molecule has 0 bridgehead atoms. The zero-order chi connectivity index (χ0) is 14.7. The summed E-state index contributed by atoms with van der Waals surface area (Å²) in [6.07, 6.45) is 0. The molecule has 0 spiro atoms. The maximum Gasteiger partial charge on any atom is 0.147 e. The Hall–Kier alpha value is -0.970. The largest absolute Gasteiger partial charge is 0.372 e. The molecule has 106 valence electrons. The Morgan fingerprint density at radius 3 is 2.30 bits per heavy atom. The number of nitrogens with zero attached hydrogens (tertiary/aromatic N) is 1. The molecule has 2 N–H and O–H groups in total. The number of anilines is 2. The Kier molecular flexibility index (Phi) is 5.13. The van der Waals surface area contributed by atoms with Crippen molar-refractivity contribution in [1.82, 2.24) is 4.98 Å². The lowest BCUT2D eigenvalue weighted by Crippen LogP contribution is -2.09. The van der Waals surface area contributed by atoms with Gasteiger partial charge in [0.05, 0.1) is 10.0 Å². The van der Waals surface area contributed by atoms with Crippen molar-refractivity contribution in [2.75, 3.05) is 17.7 Å². The molecule has 20 heavy (non-hydrogen) atoms. The predicted molar refractivity (Wildman–Crippen MR) is 90.0 cm³/mol. The van der Waals surface area contributed by atoms with Crippen LogP contribution in [0.1, 0.15) is 18.5 Å². The normalized spacial score (nSPS) is 12.1. The summed E-state index contributed by atoms with van der Waals surface area (Å²) in [7, 11) is 1.77. The van der Waals surface area contributed by atoms with Crippen molar-refractivity contribution in [1.29, 1.82) is 0 Å². The number of rotatable bonds is 4. The van der Waals surface area contributed by atoms with E-state index in [0.29, 0.717) is 21.7 Å². The first-order valence-electron chi connectivity index (χ1n) is 6.07. The van der Waals surface area contributed by atoms with Crippen LogP contribution < -0.4 is 10.6 Å². The number of pyridine rings is 1. The fraction of sp³-hybridized carbons (Fsp3) is 0.214. The molecule has 2 aromatic rings. The highest BCUT2D eigenvalue weighted by Gasteiger charge is 2.12. The number of hydrogen-bond acceptors (Lipinski definition) is 3. The van der Waals surface area contributed by atoms with E-state index in [4.69, 9.17) is 23.2 Å². The molecule has 0 amide bonds. The molecule has 0 radical (unpaired) electrons. The van der Waals surface area contributed by atoms with Crippen LogP contribution in [0.25, 0.3) is 0 Å². The van der Waals surface area contributed by atoms with Gasteiger partial charge in [-0.25, -0.2) is 4.98 Å². The highest BCUT2D eigenvalue weighted by molar-refractivity contribution is 9.10. The SMILES string of the molecule is CNc1nc(NC(C)c2ccc(Br)cc2)c(Cl)cc1Cl. The van der Waals surface area contributed by atoms with Crippen molar-refractivity contribution >= 4 is 50.8 Å². The fourth-order valence-corrected chi connectivity index (χ4v) is 2.55. The smallest absolute Gasteiger partial charge is 0.147 e. The first kappa shape index (κ1) is 15.4. The van der Waals surface area contributed by atoms with E-state index < -0.39 is 0 Å². The summed E-state index contributed by atoms with van der Waals surface area (Å²) in [4.78, 5) is 4.38. The van der Waals surface area contributed by atoms with Crippen LogP contribution in [0.15, 0.2) is 34.8 Å². The van der Waals surface area contributed by atoms with E-state index in [1.54, 1.807) is 13.1 Å². The topological polar surface area (TPSA) is 37.0 Å². The average Bonchev–Trinajstić information content (AvgIpc) is 2.42. The van der Waals surface area contributed by atoms with E-state index >= 15 is 0 Å². The van der Waals surface area contributed by atoms with Crippen molar-refractivity contribution in [3.8, 4) is 0 Å². The minimum absolute atomic E-state index is 0.0824. The van der Waals surface area contributed by atoms with Crippen LogP contribution in [0, 0.1) is 0 Å². The minimum atomic E-state index is 0.0824. The Morgan fingerprint density at radius 1 is 1.10 bits per heavy atom. The zero-order valence-electron chi connectivity index (χ0n) is 11.0. The highest BCUT2D eigenvalue weighted by atomic mass is 79.9. The van der Waals surface area contributed by atoms with E-state index in [-0.39, 0.29) is 6.04 Å². The molecule has 0 saturated heterocycles. The average molecular weight is 375 g/mol. The quantitative estimate of drug-likeness (QED) is 0.755. The maximum atomic E-state index is 6.17. The van der Waals surface area contributed by atoms with Crippen LogP contribution in [0.3, 0.4) is 0 Å². The molecule has 1 heterocycles. The van der Waals surface area contributed by atoms with E-state index in [1.165, 1.54) is 0 Å². The van der Waals surface area contributed by atoms with Crippen LogP contribution in [0.5, 0.6) is 0 Å². The van der Waals surface area contributed by atoms with E-state index in [0.717, 1.165) is 10.0 Å². The minimum Gasteiger partial charge on any atom is -0.372 e. The standard InChI is InChI=1S/C14H14BrCl2N3/c1-8(9-3-5-10(15)6-4-9)19-14-12(17)7-11(16)13(18-2)20-14/h3-8H,1-2H3,(H2,18,19,20). The van der Waals surface area contributed by atoms with Gasteiger partial charge in [0.15, 0.2) is 0 Å². The molecule has 1 unspecified atom stereocenters. The van der Waals surface area contributed by atoms with Gasteiger partial charge in [0.25, 0.3) is 0 Å². The Balaban J connectivity index is 2.23. The fourth-order valence-electron chi connectivity index (χ4n) is 1.78. The number of hydrogen-bond donors (Lipinski definition) is 2. The molecular weight excluding hydrogens is 361 g/mol. The van der Waals surface area contributed by atoms with Gasteiger partial charge in [-0.2, -0.15) is 0 Å². The maximum absolute atomic E-state index is 6.17. The monoisotopic (exact) mass is 373 g/mol. The summed E-state index contributed by atoms with van der Waals surface area (Å²) in [5.74, 6) is 1.21. The summed E-state index contributed by atoms with van der Waals surface area (Å²) in [5, 5.41) is 7.22. The molecular formula is C14H14BrCl2N3. The third kappa shape index (κ3) is 3.57. The molecule has 0 fully saturated rings. The van der Waals surface area contributed by atoms with Crippen molar-refractivity contribution in [2.45, 2.75) is 13.0 Å². The molecule has 0 saturated carbocycles. The lowest BCUT2D eigenvalue weighted by atomic mass is 10.1. The summed E-state index contributed by atoms with van der Waals surface area (Å²) in [6.45, 7) is 2.05. The van der Waals surface area contributed by atoms with E-state index in [9.17, 15) is 0 Å². The Bertz CT molecular complexity index is 602. The lowest BCUT2D eigenvalue weighted by Gasteiger charge is -2.17. The summed E-state index contributed by atoms with van der Waals surface area (Å²) in [5.41, 5.74) is 1.15. The predicted octanol–water partition coefficient (Wildman–Crippen LogP) is 5.37. The number of aromatic nitrogens is 1. The highest BCUT2D eigenvalue weighted by Crippen LogP contribution is 2.31. The van der Waals surface area contributed by atoms with Gasteiger partial charge in [0.2, 0.25) is 0 Å². The van der Waals surface area contributed by atoms with Crippen molar-refractivity contribution in [3.63, 3.8) is 0 Å². The molecule has 6 heteroatoms. The first-order chi connectivity index (χ1) is 9.51. The van der Waals surface area contributed by atoms with Crippen LogP contribution in [0.4, 0.5) is 11.6 Å². The van der Waals surface area contributed by atoms with E-state index in [2.05, 4.69) is 38.5 Å². The third-order valence-electron chi connectivity index (χ3n) is 2.89. The van der Waals surface area contributed by atoms with E-state index in [1.807, 2.05) is 24.3 Å². The molecule has 2 rings (SSSR count). The van der Waals surface area contributed by atoms with Gasteiger partial charge in [0, 0.05) is 17.6 Å². The summed E-state index contributed by atoms with van der Waals surface area (Å²) >= 11 is 15.6. The summed E-state index contributed by atoms with van der Waals surface area (Å²) in [6, 6.07) is 9.86. The number of benzene rings is 1. The molecule has 0 aliphatic rings. The van der Waals surface area contributed by atoms with Gasteiger partial charge < -0.3 is 10.6 Å². The van der Waals surface area contributed by atoms with Gasteiger partial charge in [-0.1, -0.05) is 51.3 Å². The van der Waals surface area contributed by atoms with Gasteiger partial charge in [-0.05, 0) is 30.7 Å². The summed E-state index contributed by atoms with van der Waals surface area (Å²) < 4.78 is 1.05. The van der Waals surface area contributed by atoms with Crippen LogP contribution in [0.2, 0.25) is 10.0 Å². The van der Waals surface area contributed by atoms with Crippen molar-refractivity contribution in [2.24, 2.45) is 0 Å². The van der Waals surface area contributed by atoms with Crippen LogP contribution >= 0.6 is 39.1 Å². The molecule has 1 aromatic carbocycles. The second kappa shape index (κ2) is 6.66. The molecule has 3 nitrogen and oxygen atoms in total. The Labute approximate surface area is 136 Å². The van der Waals surface area contributed by atoms with Gasteiger partial charge >= 0.3 is 0 Å². The first-order valence-corrected chi connectivity index (χ1v) is 7.62.